The Bertz CT molecular complexity index is 615. The van der Waals surface area contributed by atoms with E-state index in [1.807, 2.05) is 14.0 Å². The molecule has 2 heterocycles. The van der Waals surface area contributed by atoms with E-state index in [4.69, 9.17) is 5.73 Å². The molecule has 0 spiro atoms. The Hall–Kier alpha value is -1.63. The second kappa shape index (κ2) is 6.47. The van der Waals surface area contributed by atoms with Crippen molar-refractivity contribution < 1.29 is 9.59 Å². The SMILES string of the molecule is Cc1nc2c(s1)CCC[C@H]2CN(C)C(=O)[C@@H]1CCCN1C(N)=O. The van der Waals surface area contributed by atoms with E-state index in [0.29, 0.717) is 25.4 Å². The molecule has 2 aliphatic rings. The van der Waals surface area contributed by atoms with Crippen molar-refractivity contribution in [1.82, 2.24) is 14.8 Å². The number of hydrogen-bond donors (Lipinski definition) is 1. The minimum absolute atomic E-state index is 0.000347. The highest BCUT2D eigenvalue weighted by Crippen LogP contribution is 2.35. The van der Waals surface area contributed by atoms with Gasteiger partial charge in [-0.05, 0) is 39.0 Å². The van der Waals surface area contributed by atoms with E-state index in [0.717, 1.165) is 30.7 Å². The van der Waals surface area contributed by atoms with E-state index in [1.165, 1.54) is 15.5 Å². The van der Waals surface area contributed by atoms with Crippen LogP contribution in [0.2, 0.25) is 0 Å². The number of aromatic nitrogens is 1. The predicted octanol–water partition coefficient (Wildman–Crippen LogP) is 1.87. The lowest BCUT2D eigenvalue weighted by Gasteiger charge is -2.30. The number of likely N-dealkylation sites (tertiary alicyclic amines) is 1. The van der Waals surface area contributed by atoms with E-state index in [2.05, 4.69) is 4.98 Å². The summed E-state index contributed by atoms with van der Waals surface area (Å²) in [6.07, 6.45) is 4.87. The number of nitrogens with two attached hydrogens (primary N) is 1. The predicted molar refractivity (Wildman–Crippen MR) is 89.5 cm³/mol. The molecular formula is C16H24N4O2S. The Balaban J connectivity index is 1.68. The zero-order chi connectivity index (χ0) is 16.6. The Kier molecular flexibility index (Phi) is 4.57. The third-order valence-corrected chi connectivity index (χ3v) is 5.92. The molecule has 2 N–H and O–H groups in total. The molecule has 126 valence electrons. The topological polar surface area (TPSA) is 79.5 Å². The summed E-state index contributed by atoms with van der Waals surface area (Å²) in [6.45, 7) is 3.29. The molecule has 0 unspecified atom stereocenters. The summed E-state index contributed by atoms with van der Waals surface area (Å²) in [5.74, 6) is 0.307. The first-order valence-corrected chi connectivity index (χ1v) is 9.06. The first-order valence-electron chi connectivity index (χ1n) is 8.24. The average Bonchev–Trinajstić information content (AvgIpc) is 3.12. The molecule has 3 rings (SSSR count). The van der Waals surface area contributed by atoms with Crippen LogP contribution in [0, 0.1) is 6.92 Å². The van der Waals surface area contributed by atoms with Gasteiger partial charge >= 0.3 is 6.03 Å². The molecule has 3 amide bonds. The van der Waals surface area contributed by atoms with Gasteiger partial charge in [-0.15, -0.1) is 11.3 Å². The van der Waals surface area contributed by atoms with Gasteiger partial charge in [-0.2, -0.15) is 0 Å². The van der Waals surface area contributed by atoms with Gasteiger partial charge in [0.2, 0.25) is 5.91 Å². The van der Waals surface area contributed by atoms with Crippen molar-refractivity contribution in [2.45, 2.75) is 51.0 Å². The van der Waals surface area contributed by atoms with Gasteiger partial charge in [0.15, 0.2) is 0 Å². The summed E-state index contributed by atoms with van der Waals surface area (Å²) >= 11 is 1.78. The summed E-state index contributed by atoms with van der Waals surface area (Å²) in [4.78, 5) is 33.5. The van der Waals surface area contributed by atoms with Gasteiger partial charge in [0.25, 0.3) is 0 Å². The fraction of sp³-hybridized carbons (Fsp3) is 0.688. The molecule has 1 aromatic rings. The van der Waals surface area contributed by atoms with Crippen molar-refractivity contribution in [3.05, 3.63) is 15.6 Å². The van der Waals surface area contributed by atoms with Crippen LogP contribution in [0.15, 0.2) is 0 Å². The maximum absolute atomic E-state index is 12.7. The van der Waals surface area contributed by atoms with Crippen LogP contribution in [0.25, 0.3) is 0 Å². The number of urea groups is 1. The zero-order valence-electron chi connectivity index (χ0n) is 13.7. The summed E-state index contributed by atoms with van der Waals surface area (Å²) in [5.41, 5.74) is 6.56. The Morgan fingerprint density at radius 2 is 2.17 bits per heavy atom. The second-order valence-corrected chi connectivity index (χ2v) is 7.83. The van der Waals surface area contributed by atoms with Crippen LogP contribution in [0.4, 0.5) is 4.79 Å². The molecule has 1 aromatic heterocycles. The van der Waals surface area contributed by atoms with Crippen LogP contribution in [-0.2, 0) is 11.2 Å². The van der Waals surface area contributed by atoms with Gasteiger partial charge in [-0.25, -0.2) is 9.78 Å². The minimum atomic E-state index is -0.496. The number of rotatable bonds is 3. The summed E-state index contributed by atoms with van der Waals surface area (Å²) in [7, 11) is 1.83. The summed E-state index contributed by atoms with van der Waals surface area (Å²) in [6, 6.07) is -0.887. The van der Waals surface area contributed by atoms with Crippen LogP contribution in [-0.4, -0.2) is 52.9 Å². The fourth-order valence-electron chi connectivity index (χ4n) is 3.77. The van der Waals surface area contributed by atoms with Gasteiger partial charge < -0.3 is 15.5 Å². The zero-order valence-corrected chi connectivity index (χ0v) is 14.6. The van der Waals surface area contributed by atoms with Crippen LogP contribution in [0.5, 0.6) is 0 Å². The minimum Gasteiger partial charge on any atom is -0.351 e. The average molecular weight is 336 g/mol. The number of fused-ring (bicyclic) bond motifs is 1. The molecule has 1 aliphatic heterocycles. The summed E-state index contributed by atoms with van der Waals surface area (Å²) in [5, 5.41) is 1.10. The molecule has 1 aliphatic carbocycles. The van der Waals surface area contributed by atoms with Crippen molar-refractivity contribution >= 4 is 23.3 Å². The van der Waals surface area contributed by atoms with Crippen molar-refractivity contribution in [3.8, 4) is 0 Å². The second-order valence-electron chi connectivity index (χ2n) is 6.54. The lowest BCUT2D eigenvalue weighted by Crippen LogP contribution is -2.49. The van der Waals surface area contributed by atoms with Gasteiger partial charge in [-0.3, -0.25) is 4.79 Å². The largest absolute Gasteiger partial charge is 0.351 e. The van der Waals surface area contributed by atoms with E-state index >= 15 is 0 Å². The molecule has 1 saturated heterocycles. The van der Waals surface area contributed by atoms with Crippen LogP contribution >= 0.6 is 11.3 Å². The smallest absolute Gasteiger partial charge is 0.315 e. The first-order chi connectivity index (χ1) is 11.0. The van der Waals surface area contributed by atoms with Gasteiger partial charge in [0.05, 0.1) is 10.7 Å². The van der Waals surface area contributed by atoms with E-state index < -0.39 is 12.1 Å². The third kappa shape index (κ3) is 3.20. The Morgan fingerprint density at radius 3 is 2.91 bits per heavy atom. The molecule has 1 fully saturated rings. The van der Waals surface area contributed by atoms with Crippen molar-refractivity contribution in [2.24, 2.45) is 5.73 Å². The van der Waals surface area contributed by atoms with E-state index in [9.17, 15) is 9.59 Å². The normalized spacial score (nSPS) is 23.7. The molecule has 0 saturated carbocycles. The van der Waals surface area contributed by atoms with Crippen molar-refractivity contribution in [3.63, 3.8) is 0 Å². The highest BCUT2D eigenvalue weighted by Gasteiger charge is 2.36. The van der Waals surface area contributed by atoms with E-state index in [1.54, 1.807) is 16.2 Å². The highest BCUT2D eigenvalue weighted by molar-refractivity contribution is 7.11. The molecule has 0 aromatic carbocycles. The third-order valence-electron chi connectivity index (χ3n) is 4.87. The summed E-state index contributed by atoms with van der Waals surface area (Å²) < 4.78 is 0. The number of carbonyl (C=O) groups is 2. The number of nitrogens with zero attached hydrogens (tertiary/aromatic N) is 3. The monoisotopic (exact) mass is 336 g/mol. The van der Waals surface area contributed by atoms with Crippen LogP contribution in [0.3, 0.4) is 0 Å². The highest BCUT2D eigenvalue weighted by atomic mass is 32.1. The number of aryl methyl sites for hydroxylation is 2. The first kappa shape index (κ1) is 16.2. The number of carbonyl (C=O) groups excluding carboxylic acids is 2. The molecule has 23 heavy (non-hydrogen) atoms. The number of primary amides is 1. The molecule has 0 bridgehead atoms. The standard InChI is InChI=1S/C16H24N4O2S/c1-10-18-14-11(5-3-7-13(14)23-10)9-19(2)15(21)12-6-4-8-20(12)16(17)22/h11-12H,3-9H2,1-2H3,(H2,17,22)/t11-,12-/m0/s1. The van der Waals surface area contributed by atoms with Crippen molar-refractivity contribution in [1.29, 1.82) is 0 Å². The Labute approximate surface area is 140 Å². The Morgan fingerprint density at radius 1 is 1.39 bits per heavy atom. The van der Waals surface area contributed by atoms with Gasteiger partial charge in [0.1, 0.15) is 6.04 Å². The molecular weight excluding hydrogens is 312 g/mol. The molecule has 6 nitrogen and oxygen atoms in total. The van der Waals surface area contributed by atoms with Gasteiger partial charge in [0, 0.05) is 30.9 Å². The van der Waals surface area contributed by atoms with E-state index in [-0.39, 0.29) is 5.91 Å². The maximum Gasteiger partial charge on any atom is 0.315 e. The molecule has 0 radical (unpaired) electrons. The number of thiazole rings is 1. The number of amides is 3. The quantitative estimate of drug-likeness (QED) is 0.915. The van der Waals surface area contributed by atoms with Crippen molar-refractivity contribution in [2.75, 3.05) is 20.1 Å². The lowest BCUT2D eigenvalue weighted by atomic mass is 9.90. The maximum atomic E-state index is 12.7. The molecule has 2 atom stereocenters. The van der Waals surface area contributed by atoms with Gasteiger partial charge in [-0.1, -0.05) is 0 Å². The van der Waals surface area contributed by atoms with Crippen LogP contribution in [0.1, 0.15) is 47.2 Å². The molecule has 7 heteroatoms. The lowest BCUT2D eigenvalue weighted by molar-refractivity contribution is -0.134. The van der Waals surface area contributed by atoms with Crippen LogP contribution < -0.4 is 5.73 Å². The number of likely N-dealkylation sites (N-methyl/N-ethyl adjacent to an activating group) is 1. The number of hydrogen-bond acceptors (Lipinski definition) is 4. The fourth-order valence-corrected chi connectivity index (χ4v) is 4.83.